The van der Waals surface area contributed by atoms with Crippen molar-refractivity contribution in [3.05, 3.63) is 77.3 Å². The summed E-state index contributed by atoms with van der Waals surface area (Å²) in [5.41, 5.74) is 2.26. The van der Waals surface area contributed by atoms with Gasteiger partial charge >= 0.3 is 0 Å². The number of carbonyl (C=O) groups is 2. The summed E-state index contributed by atoms with van der Waals surface area (Å²) >= 11 is 7.28. The summed E-state index contributed by atoms with van der Waals surface area (Å²) in [6.45, 7) is 1.03. The maximum absolute atomic E-state index is 12.3. The van der Waals surface area contributed by atoms with Gasteiger partial charge in [-0.2, -0.15) is 0 Å². The Morgan fingerprint density at radius 1 is 0.812 bits per heavy atom. The predicted molar refractivity (Wildman–Crippen MR) is 127 cm³/mol. The highest BCUT2D eigenvalue weighted by molar-refractivity contribution is 8.00. The normalized spacial score (nSPS) is 12.2. The summed E-state index contributed by atoms with van der Waals surface area (Å²) < 4.78 is 11.0. The van der Waals surface area contributed by atoms with E-state index in [-0.39, 0.29) is 24.0 Å². The van der Waals surface area contributed by atoms with Crippen molar-refractivity contribution >= 4 is 46.6 Å². The fourth-order valence-corrected chi connectivity index (χ4v) is 3.92. The van der Waals surface area contributed by atoms with Crippen LogP contribution in [-0.4, -0.2) is 30.8 Å². The van der Waals surface area contributed by atoms with Crippen LogP contribution in [0.4, 0.5) is 11.4 Å². The highest BCUT2D eigenvalue weighted by Gasteiger charge is 2.13. The maximum Gasteiger partial charge on any atom is 0.234 e. The number of fused-ring (bicyclic) bond motifs is 1. The van der Waals surface area contributed by atoms with Gasteiger partial charge in [0.15, 0.2) is 11.5 Å². The van der Waals surface area contributed by atoms with Gasteiger partial charge in [-0.15, -0.1) is 11.8 Å². The molecule has 0 atom stereocenters. The number of amides is 2. The van der Waals surface area contributed by atoms with E-state index in [1.54, 1.807) is 30.3 Å². The van der Waals surface area contributed by atoms with Crippen LogP contribution in [0.2, 0.25) is 5.02 Å². The highest BCUT2D eigenvalue weighted by Crippen LogP contribution is 2.32. The quantitative estimate of drug-likeness (QED) is 0.476. The van der Waals surface area contributed by atoms with Gasteiger partial charge in [-0.05, 0) is 54.1 Å². The van der Waals surface area contributed by atoms with Crippen LogP contribution >= 0.6 is 23.4 Å². The Labute approximate surface area is 195 Å². The van der Waals surface area contributed by atoms with Crippen LogP contribution in [0, 0.1) is 0 Å². The molecule has 1 aliphatic heterocycles. The van der Waals surface area contributed by atoms with Crippen LogP contribution in [-0.2, 0) is 16.0 Å². The van der Waals surface area contributed by atoms with Crippen LogP contribution in [0.5, 0.6) is 11.5 Å². The first kappa shape index (κ1) is 22.0. The molecule has 0 unspecified atom stereocenters. The molecular weight excluding hydrogens is 448 g/mol. The molecule has 8 heteroatoms. The zero-order chi connectivity index (χ0) is 22.3. The van der Waals surface area contributed by atoms with Gasteiger partial charge in [-0.1, -0.05) is 23.7 Å². The molecule has 32 heavy (non-hydrogen) atoms. The predicted octanol–water partition coefficient (Wildman–Crippen LogP) is 5.02. The fraction of sp³-hybridized carbons (Fsp3) is 0.167. The minimum atomic E-state index is -0.118. The monoisotopic (exact) mass is 468 g/mol. The summed E-state index contributed by atoms with van der Waals surface area (Å²) in [6, 6.07) is 19.9. The van der Waals surface area contributed by atoms with E-state index in [0.717, 1.165) is 10.5 Å². The standard InChI is InChI=1S/C24H21ClN2O4S/c25-17-3-1-16(2-4-17)13-23(28)26-18-5-8-20(9-6-18)32-15-24(29)27-19-7-10-21-22(14-19)31-12-11-30-21/h1-10,14H,11-13,15H2,(H,26,28)(H,27,29). The molecule has 0 aliphatic carbocycles. The van der Waals surface area contributed by atoms with Gasteiger partial charge in [0.1, 0.15) is 13.2 Å². The van der Waals surface area contributed by atoms with Crippen molar-refractivity contribution < 1.29 is 19.1 Å². The highest BCUT2D eigenvalue weighted by atomic mass is 35.5. The van der Waals surface area contributed by atoms with E-state index < -0.39 is 0 Å². The van der Waals surface area contributed by atoms with Crippen molar-refractivity contribution in [2.75, 3.05) is 29.6 Å². The van der Waals surface area contributed by atoms with Crippen molar-refractivity contribution in [1.29, 1.82) is 0 Å². The number of nitrogens with one attached hydrogen (secondary N) is 2. The van der Waals surface area contributed by atoms with E-state index >= 15 is 0 Å². The summed E-state index contributed by atoms with van der Waals surface area (Å²) in [4.78, 5) is 25.4. The number of carbonyl (C=O) groups excluding carboxylic acids is 2. The molecule has 0 bridgehead atoms. The SMILES string of the molecule is O=C(CSc1ccc(NC(=O)Cc2ccc(Cl)cc2)cc1)Nc1ccc2c(c1)OCCO2. The molecule has 2 amide bonds. The van der Waals surface area contributed by atoms with Gasteiger partial charge in [0.05, 0.1) is 12.2 Å². The van der Waals surface area contributed by atoms with Gasteiger partial charge < -0.3 is 20.1 Å². The van der Waals surface area contributed by atoms with Gasteiger partial charge in [0, 0.05) is 27.4 Å². The number of rotatable bonds is 7. The molecule has 1 aliphatic rings. The van der Waals surface area contributed by atoms with Gasteiger partial charge in [-0.25, -0.2) is 0 Å². The molecular formula is C24H21ClN2O4S. The molecule has 3 aromatic rings. The molecule has 0 saturated carbocycles. The van der Waals surface area contributed by atoms with E-state index in [2.05, 4.69) is 10.6 Å². The van der Waals surface area contributed by atoms with Gasteiger partial charge in [0.2, 0.25) is 11.8 Å². The van der Waals surface area contributed by atoms with Crippen LogP contribution < -0.4 is 20.1 Å². The van der Waals surface area contributed by atoms with E-state index in [1.165, 1.54) is 11.8 Å². The second kappa shape index (κ2) is 10.4. The number of thioether (sulfide) groups is 1. The molecule has 1 heterocycles. The van der Waals surface area contributed by atoms with Crippen molar-refractivity contribution in [2.45, 2.75) is 11.3 Å². The van der Waals surface area contributed by atoms with Gasteiger partial charge in [0.25, 0.3) is 0 Å². The van der Waals surface area contributed by atoms with Crippen molar-refractivity contribution in [3.8, 4) is 11.5 Å². The van der Waals surface area contributed by atoms with E-state index in [0.29, 0.717) is 41.1 Å². The smallest absolute Gasteiger partial charge is 0.234 e. The average molecular weight is 469 g/mol. The Morgan fingerprint density at radius 3 is 2.22 bits per heavy atom. The summed E-state index contributed by atoms with van der Waals surface area (Å²) in [5, 5.41) is 6.38. The zero-order valence-corrected chi connectivity index (χ0v) is 18.7. The number of anilines is 2. The Kier molecular flexibility index (Phi) is 7.19. The first-order valence-corrected chi connectivity index (χ1v) is 11.4. The molecule has 0 spiro atoms. The molecule has 164 valence electrons. The summed E-state index contributed by atoms with van der Waals surface area (Å²) in [5.74, 6) is 1.36. The molecule has 0 radical (unpaired) electrons. The van der Waals surface area contributed by atoms with E-state index in [9.17, 15) is 9.59 Å². The van der Waals surface area contributed by atoms with Crippen LogP contribution in [0.3, 0.4) is 0 Å². The molecule has 0 aromatic heterocycles. The lowest BCUT2D eigenvalue weighted by Gasteiger charge is -2.19. The minimum Gasteiger partial charge on any atom is -0.486 e. The molecule has 3 aromatic carbocycles. The van der Waals surface area contributed by atoms with Gasteiger partial charge in [-0.3, -0.25) is 9.59 Å². The Hall–Kier alpha value is -3.16. The van der Waals surface area contributed by atoms with E-state index in [4.69, 9.17) is 21.1 Å². The second-order valence-electron chi connectivity index (χ2n) is 7.07. The fourth-order valence-electron chi connectivity index (χ4n) is 3.09. The number of benzene rings is 3. The third-order valence-corrected chi connectivity index (χ3v) is 5.88. The summed E-state index contributed by atoms with van der Waals surface area (Å²) in [7, 11) is 0. The van der Waals surface area contributed by atoms with Crippen LogP contribution in [0.15, 0.2) is 71.6 Å². The number of ether oxygens (including phenoxy) is 2. The van der Waals surface area contributed by atoms with Crippen LogP contribution in [0.1, 0.15) is 5.56 Å². The summed E-state index contributed by atoms with van der Waals surface area (Å²) in [6.07, 6.45) is 0.272. The van der Waals surface area contributed by atoms with Crippen molar-refractivity contribution in [1.82, 2.24) is 0 Å². The van der Waals surface area contributed by atoms with Crippen molar-refractivity contribution in [3.63, 3.8) is 0 Å². The topological polar surface area (TPSA) is 76.7 Å². The number of halogens is 1. The van der Waals surface area contributed by atoms with Crippen molar-refractivity contribution in [2.24, 2.45) is 0 Å². The second-order valence-corrected chi connectivity index (χ2v) is 8.56. The Balaban J connectivity index is 1.24. The number of hydrogen-bond acceptors (Lipinski definition) is 5. The Morgan fingerprint density at radius 2 is 1.47 bits per heavy atom. The molecule has 0 fully saturated rings. The molecule has 2 N–H and O–H groups in total. The first-order valence-electron chi connectivity index (χ1n) is 10.0. The Bertz CT molecular complexity index is 1100. The zero-order valence-electron chi connectivity index (χ0n) is 17.1. The largest absolute Gasteiger partial charge is 0.486 e. The lowest BCUT2D eigenvalue weighted by molar-refractivity contribution is -0.115. The van der Waals surface area contributed by atoms with Crippen LogP contribution in [0.25, 0.3) is 0 Å². The lowest BCUT2D eigenvalue weighted by atomic mass is 10.1. The van der Waals surface area contributed by atoms with E-state index in [1.807, 2.05) is 36.4 Å². The third-order valence-electron chi connectivity index (χ3n) is 4.61. The lowest BCUT2D eigenvalue weighted by Crippen LogP contribution is -2.17. The number of hydrogen-bond donors (Lipinski definition) is 2. The molecule has 4 rings (SSSR count). The third kappa shape index (κ3) is 6.18. The average Bonchev–Trinajstić information content (AvgIpc) is 2.80. The molecule has 0 saturated heterocycles. The maximum atomic E-state index is 12.3. The minimum absolute atomic E-state index is 0.105. The molecule has 6 nitrogen and oxygen atoms in total. The first-order chi connectivity index (χ1) is 15.5.